The molecular weight excluding hydrogens is 332 g/mol. The van der Waals surface area contributed by atoms with Gasteiger partial charge in [0.05, 0.1) is 23.1 Å². The molecule has 0 spiro atoms. The predicted octanol–water partition coefficient (Wildman–Crippen LogP) is 1.99. The second kappa shape index (κ2) is 6.78. The smallest absolute Gasteiger partial charge is 0.407 e. The molecular formula is C17H23B2N3O4. The number of rotatable bonds is 2. The molecule has 1 aliphatic carbocycles. The van der Waals surface area contributed by atoms with Gasteiger partial charge in [-0.25, -0.2) is 0 Å². The molecule has 0 bridgehead atoms. The lowest BCUT2D eigenvalue weighted by atomic mass is 9.61. The highest BCUT2D eigenvalue weighted by molar-refractivity contribution is 6.78. The molecule has 136 valence electrons. The van der Waals surface area contributed by atoms with Gasteiger partial charge >= 0.3 is 14.2 Å². The first-order valence-corrected chi connectivity index (χ1v) is 8.64. The van der Waals surface area contributed by atoms with E-state index in [0.29, 0.717) is 37.4 Å². The molecule has 7 nitrogen and oxygen atoms in total. The molecule has 0 atom stereocenters. The summed E-state index contributed by atoms with van der Waals surface area (Å²) in [5.41, 5.74) is 0.613. The molecule has 3 rings (SSSR count). The Labute approximate surface area is 154 Å². The molecule has 0 amide bonds. The summed E-state index contributed by atoms with van der Waals surface area (Å²) in [6, 6.07) is 2.10. The fourth-order valence-electron chi connectivity index (χ4n) is 2.97. The predicted molar refractivity (Wildman–Crippen MR) is 99.1 cm³/mol. The molecule has 2 fully saturated rings. The van der Waals surface area contributed by atoms with Gasteiger partial charge in [0.2, 0.25) is 0 Å². The van der Waals surface area contributed by atoms with Gasteiger partial charge in [0, 0.05) is 48.2 Å². The van der Waals surface area contributed by atoms with Gasteiger partial charge < -0.3 is 18.6 Å². The average Bonchev–Trinajstić information content (AvgIpc) is 2.58. The second-order valence-corrected chi connectivity index (χ2v) is 8.53. The Kier molecular flexibility index (Phi) is 4.97. The van der Waals surface area contributed by atoms with Gasteiger partial charge in [-0.05, 0) is 6.08 Å². The van der Waals surface area contributed by atoms with E-state index in [1.54, 1.807) is 6.08 Å². The fraction of sp³-hybridized carbons (Fsp3) is 0.588. The summed E-state index contributed by atoms with van der Waals surface area (Å²) in [6.07, 6.45) is 1.56. The SMILES string of the molecule is CC1(C)COB(C2=CC(C#N)=C(B3OCC(C)(C)CO3)C(=N)C2=N)OC1. The van der Waals surface area contributed by atoms with Gasteiger partial charge in [-0.3, -0.25) is 10.8 Å². The molecule has 0 aromatic rings. The summed E-state index contributed by atoms with van der Waals surface area (Å²) in [5, 5.41) is 26.4. The minimum Gasteiger partial charge on any atom is -0.407 e. The third-order valence-electron chi connectivity index (χ3n) is 4.51. The maximum Gasteiger partial charge on any atom is 0.497 e. The number of nitriles is 1. The topological polar surface area (TPSA) is 108 Å². The van der Waals surface area contributed by atoms with Crippen LogP contribution in [-0.4, -0.2) is 52.1 Å². The van der Waals surface area contributed by atoms with Gasteiger partial charge in [0.15, 0.2) is 0 Å². The largest absolute Gasteiger partial charge is 0.497 e. The van der Waals surface area contributed by atoms with Gasteiger partial charge in [0.1, 0.15) is 0 Å². The first kappa shape index (κ1) is 19.1. The van der Waals surface area contributed by atoms with Crippen molar-refractivity contribution < 1.29 is 18.6 Å². The van der Waals surface area contributed by atoms with Crippen molar-refractivity contribution in [2.24, 2.45) is 10.8 Å². The van der Waals surface area contributed by atoms with Crippen LogP contribution in [-0.2, 0) is 18.6 Å². The van der Waals surface area contributed by atoms with Crippen LogP contribution in [0.3, 0.4) is 0 Å². The van der Waals surface area contributed by atoms with Crippen LogP contribution in [0.25, 0.3) is 0 Å². The van der Waals surface area contributed by atoms with Crippen molar-refractivity contribution in [2.45, 2.75) is 27.7 Å². The highest BCUT2D eigenvalue weighted by atomic mass is 16.6. The molecule has 0 saturated carbocycles. The maximum atomic E-state index is 9.59. The van der Waals surface area contributed by atoms with Crippen LogP contribution in [0.5, 0.6) is 0 Å². The average molecular weight is 355 g/mol. The maximum absolute atomic E-state index is 9.59. The summed E-state index contributed by atoms with van der Waals surface area (Å²) in [6.45, 7) is 9.99. The summed E-state index contributed by atoms with van der Waals surface area (Å²) in [7, 11) is -1.55. The number of hydrogen-bond donors (Lipinski definition) is 2. The highest BCUT2D eigenvalue weighted by Crippen LogP contribution is 2.31. The summed E-state index contributed by atoms with van der Waals surface area (Å²) < 4.78 is 22.9. The molecule has 0 aromatic heterocycles. The summed E-state index contributed by atoms with van der Waals surface area (Å²) in [4.78, 5) is 0. The van der Waals surface area contributed by atoms with Crippen molar-refractivity contribution in [1.29, 1.82) is 16.1 Å². The lowest BCUT2D eigenvalue weighted by Crippen LogP contribution is -2.48. The van der Waals surface area contributed by atoms with Crippen LogP contribution in [0, 0.1) is 33.0 Å². The van der Waals surface area contributed by atoms with Gasteiger partial charge in [-0.2, -0.15) is 5.26 Å². The van der Waals surface area contributed by atoms with Crippen molar-refractivity contribution in [3.8, 4) is 6.07 Å². The Morgan fingerprint density at radius 1 is 0.885 bits per heavy atom. The highest BCUT2D eigenvalue weighted by Gasteiger charge is 2.44. The van der Waals surface area contributed by atoms with E-state index in [2.05, 4.69) is 6.07 Å². The first-order chi connectivity index (χ1) is 12.1. The van der Waals surface area contributed by atoms with E-state index in [4.69, 9.17) is 29.4 Å². The molecule has 0 radical (unpaired) electrons. The Morgan fingerprint density at radius 3 is 1.81 bits per heavy atom. The molecule has 0 unspecified atom stereocenters. The van der Waals surface area contributed by atoms with E-state index in [1.165, 1.54) is 0 Å². The van der Waals surface area contributed by atoms with Crippen molar-refractivity contribution in [1.82, 2.24) is 0 Å². The number of allylic oxidation sites excluding steroid dienone is 4. The van der Waals surface area contributed by atoms with Crippen LogP contribution in [0.1, 0.15) is 27.7 Å². The monoisotopic (exact) mass is 355 g/mol. The van der Waals surface area contributed by atoms with Gasteiger partial charge in [-0.15, -0.1) is 0 Å². The molecule has 2 N–H and O–H groups in total. The fourth-order valence-corrected chi connectivity index (χ4v) is 2.97. The van der Waals surface area contributed by atoms with Crippen LogP contribution in [0.4, 0.5) is 0 Å². The summed E-state index contributed by atoms with van der Waals surface area (Å²) >= 11 is 0. The zero-order valence-electron chi connectivity index (χ0n) is 15.6. The van der Waals surface area contributed by atoms with Crippen molar-refractivity contribution in [3.63, 3.8) is 0 Å². The van der Waals surface area contributed by atoms with E-state index >= 15 is 0 Å². The van der Waals surface area contributed by atoms with E-state index in [-0.39, 0.29) is 27.8 Å². The van der Waals surface area contributed by atoms with Gasteiger partial charge in [-0.1, -0.05) is 27.7 Å². The van der Waals surface area contributed by atoms with Gasteiger partial charge in [0.25, 0.3) is 0 Å². The minimum atomic E-state index is -0.810. The Balaban J connectivity index is 1.88. The lowest BCUT2D eigenvalue weighted by Gasteiger charge is -2.36. The van der Waals surface area contributed by atoms with Crippen LogP contribution in [0.15, 0.2) is 22.6 Å². The Bertz CT molecular complexity index is 732. The molecule has 0 aromatic carbocycles. The second-order valence-electron chi connectivity index (χ2n) is 8.53. The molecule has 3 aliphatic rings. The van der Waals surface area contributed by atoms with E-state index in [1.807, 2.05) is 27.7 Å². The number of hydrogen-bond acceptors (Lipinski definition) is 7. The van der Waals surface area contributed by atoms with Crippen molar-refractivity contribution in [2.75, 3.05) is 26.4 Å². The quantitative estimate of drug-likeness (QED) is 0.582. The molecule has 2 aliphatic heterocycles. The molecule has 9 heteroatoms. The number of nitrogens with one attached hydrogen (secondary N) is 2. The van der Waals surface area contributed by atoms with E-state index in [9.17, 15) is 5.26 Å². The Morgan fingerprint density at radius 2 is 1.35 bits per heavy atom. The first-order valence-electron chi connectivity index (χ1n) is 8.64. The lowest BCUT2D eigenvalue weighted by molar-refractivity contribution is 0.0324. The normalized spacial score (nSPS) is 25.9. The zero-order valence-corrected chi connectivity index (χ0v) is 15.6. The van der Waals surface area contributed by atoms with Crippen LogP contribution in [0.2, 0.25) is 0 Å². The zero-order chi connectivity index (χ0) is 19.1. The molecule has 2 saturated heterocycles. The van der Waals surface area contributed by atoms with Crippen molar-refractivity contribution >= 4 is 25.7 Å². The molecule has 26 heavy (non-hydrogen) atoms. The van der Waals surface area contributed by atoms with Crippen molar-refractivity contribution in [3.05, 3.63) is 22.6 Å². The van der Waals surface area contributed by atoms with Crippen LogP contribution < -0.4 is 0 Å². The van der Waals surface area contributed by atoms with Crippen LogP contribution >= 0.6 is 0 Å². The molecule has 2 heterocycles. The Hall–Kier alpha value is -1.72. The summed E-state index contributed by atoms with van der Waals surface area (Å²) in [5.74, 6) is 0. The van der Waals surface area contributed by atoms with E-state index in [0.717, 1.165) is 0 Å². The number of nitrogens with zero attached hydrogens (tertiary/aromatic N) is 1. The minimum absolute atomic E-state index is 0.0271. The standard InChI is InChI=1S/C17H23B2N3O4/c1-16(2)7-23-18(24-8-16)12-5-11(6-20)13(15(22)14(12)21)19-25-9-17(3,4)10-26-19/h5,21-22H,7-10H2,1-4H3. The third-order valence-corrected chi connectivity index (χ3v) is 4.51. The third kappa shape index (κ3) is 3.69. The van der Waals surface area contributed by atoms with E-state index < -0.39 is 14.2 Å².